The molecule has 0 aliphatic carbocycles. The molecule has 0 bridgehead atoms. The largest absolute Gasteiger partial charge is 0.480 e. The van der Waals surface area contributed by atoms with Gasteiger partial charge in [-0.2, -0.15) is 0 Å². The van der Waals surface area contributed by atoms with Crippen molar-refractivity contribution in [1.82, 2.24) is 25.9 Å². The Kier molecular flexibility index (Phi) is 9.96. The summed E-state index contributed by atoms with van der Waals surface area (Å²) in [6, 6.07) is -2.82. The molecule has 1 aromatic rings. The first kappa shape index (κ1) is 25.1. The van der Waals surface area contributed by atoms with E-state index in [0.717, 1.165) is 0 Å². The Morgan fingerprint density at radius 2 is 1.77 bits per heavy atom. The number of H-pyrrole nitrogens is 1. The number of hydrogen-bond donors (Lipinski definition) is 6. The number of nitrogens with two attached hydrogens (primary N) is 1. The third-order valence-electron chi connectivity index (χ3n) is 4.40. The van der Waals surface area contributed by atoms with E-state index in [-0.39, 0.29) is 24.7 Å². The van der Waals surface area contributed by atoms with Crippen molar-refractivity contribution in [2.24, 2.45) is 17.6 Å². The SMILES string of the molecule is CC(C)CC(NC(=O)CNC(=O)C(Cc1cnc[nH]1)NC(=O)C(N)C(C)C)C(=O)O. The quantitative estimate of drug-likeness (QED) is 0.253. The fourth-order valence-electron chi connectivity index (χ4n) is 2.63. The molecular formula is C19H32N6O5. The zero-order valence-corrected chi connectivity index (χ0v) is 17.8. The van der Waals surface area contributed by atoms with Crippen LogP contribution in [0.1, 0.15) is 39.8 Å². The summed E-state index contributed by atoms with van der Waals surface area (Å²) in [5, 5.41) is 16.6. The van der Waals surface area contributed by atoms with Crippen molar-refractivity contribution in [1.29, 1.82) is 0 Å². The van der Waals surface area contributed by atoms with Crippen LogP contribution in [-0.2, 0) is 25.6 Å². The summed E-state index contributed by atoms with van der Waals surface area (Å²) in [7, 11) is 0. The van der Waals surface area contributed by atoms with E-state index in [0.29, 0.717) is 5.69 Å². The van der Waals surface area contributed by atoms with Crippen molar-refractivity contribution in [3.05, 3.63) is 18.2 Å². The molecule has 0 saturated carbocycles. The number of aromatic nitrogens is 2. The second kappa shape index (κ2) is 11.9. The van der Waals surface area contributed by atoms with E-state index in [4.69, 9.17) is 5.73 Å². The Hall–Kier alpha value is -2.95. The number of nitrogens with zero attached hydrogens (tertiary/aromatic N) is 1. The Balaban J connectivity index is 2.73. The van der Waals surface area contributed by atoms with Crippen LogP contribution < -0.4 is 21.7 Å². The summed E-state index contributed by atoms with van der Waals surface area (Å²) in [5.74, 6) is -2.92. The summed E-state index contributed by atoms with van der Waals surface area (Å²) < 4.78 is 0. The Morgan fingerprint density at radius 3 is 2.27 bits per heavy atom. The van der Waals surface area contributed by atoms with Gasteiger partial charge in [0.1, 0.15) is 12.1 Å². The van der Waals surface area contributed by atoms with Gasteiger partial charge in [0.05, 0.1) is 18.9 Å². The number of aromatic amines is 1. The molecular weight excluding hydrogens is 392 g/mol. The number of aliphatic carboxylic acids is 1. The lowest BCUT2D eigenvalue weighted by atomic mass is 10.0. The van der Waals surface area contributed by atoms with Gasteiger partial charge in [0.2, 0.25) is 17.7 Å². The van der Waals surface area contributed by atoms with E-state index in [1.807, 2.05) is 13.8 Å². The smallest absolute Gasteiger partial charge is 0.326 e. The van der Waals surface area contributed by atoms with Gasteiger partial charge in [-0.25, -0.2) is 9.78 Å². The molecule has 0 aliphatic rings. The van der Waals surface area contributed by atoms with Crippen LogP contribution in [0.2, 0.25) is 0 Å². The van der Waals surface area contributed by atoms with Crippen LogP contribution in [0.15, 0.2) is 12.5 Å². The fourth-order valence-corrected chi connectivity index (χ4v) is 2.63. The molecule has 11 heteroatoms. The van der Waals surface area contributed by atoms with Crippen molar-refractivity contribution in [3.63, 3.8) is 0 Å². The topological polar surface area (TPSA) is 179 Å². The van der Waals surface area contributed by atoms with Crippen molar-refractivity contribution < 1.29 is 24.3 Å². The molecule has 168 valence electrons. The molecule has 3 unspecified atom stereocenters. The summed E-state index contributed by atoms with van der Waals surface area (Å²) in [5.41, 5.74) is 6.46. The van der Waals surface area contributed by atoms with Gasteiger partial charge in [-0.1, -0.05) is 27.7 Å². The minimum Gasteiger partial charge on any atom is -0.480 e. The Morgan fingerprint density at radius 1 is 1.10 bits per heavy atom. The number of imidazole rings is 1. The molecule has 0 radical (unpaired) electrons. The lowest BCUT2D eigenvalue weighted by Crippen LogP contribution is -2.55. The molecule has 3 amide bonds. The fraction of sp³-hybridized carbons (Fsp3) is 0.632. The first-order valence-corrected chi connectivity index (χ1v) is 9.84. The number of nitrogens with one attached hydrogen (secondary N) is 4. The zero-order chi connectivity index (χ0) is 22.8. The van der Waals surface area contributed by atoms with Gasteiger partial charge < -0.3 is 31.8 Å². The van der Waals surface area contributed by atoms with Gasteiger partial charge in [-0.15, -0.1) is 0 Å². The van der Waals surface area contributed by atoms with Crippen molar-refractivity contribution in [2.45, 2.75) is 58.7 Å². The number of amides is 3. The normalized spacial score (nSPS) is 14.1. The van der Waals surface area contributed by atoms with Crippen molar-refractivity contribution in [2.75, 3.05) is 6.54 Å². The molecule has 0 spiro atoms. The molecule has 7 N–H and O–H groups in total. The maximum absolute atomic E-state index is 12.6. The van der Waals surface area contributed by atoms with E-state index in [2.05, 4.69) is 25.9 Å². The highest BCUT2D eigenvalue weighted by molar-refractivity contribution is 5.92. The third-order valence-corrected chi connectivity index (χ3v) is 4.40. The van der Waals surface area contributed by atoms with Crippen LogP contribution in [0.4, 0.5) is 0 Å². The molecule has 1 rings (SSSR count). The lowest BCUT2D eigenvalue weighted by molar-refractivity contribution is -0.142. The van der Waals surface area contributed by atoms with E-state index >= 15 is 0 Å². The van der Waals surface area contributed by atoms with Crippen molar-refractivity contribution in [3.8, 4) is 0 Å². The average molecular weight is 425 g/mol. The molecule has 0 saturated heterocycles. The van der Waals surface area contributed by atoms with Gasteiger partial charge in [-0.05, 0) is 18.3 Å². The second-order valence-corrected chi connectivity index (χ2v) is 7.92. The highest BCUT2D eigenvalue weighted by Crippen LogP contribution is 2.05. The summed E-state index contributed by atoms with van der Waals surface area (Å²) in [6.07, 6.45) is 3.35. The molecule has 0 aromatic carbocycles. The second-order valence-electron chi connectivity index (χ2n) is 7.92. The first-order valence-electron chi connectivity index (χ1n) is 9.84. The summed E-state index contributed by atoms with van der Waals surface area (Å²) in [6.45, 7) is 6.83. The van der Waals surface area contributed by atoms with Crippen LogP contribution in [0, 0.1) is 11.8 Å². The predicted octanol–water partition coefficient (Wildman–Crippen LogP) is -0.848. The zero-order valence-electron chi connectivity index (χ0n) is 17.8. The maximum atomic E-state index is 12.6. The van der Waals surface area contributed by atoms with E-state index in [1.165, 1.54) is 12.5 Å². The number of carbonyl (C=O) groups is 4. The summed E-state index contributed by atoms with van der Waals surface area (Å²) >= 11 is 0. The van der Waals surface area contributed by atoms with Gasteiger partial charge in [0.15, 0.2) is 0 Å². The standard InChI is InChI=1S/C19H32N6O5/c1-10(2)5-14(19(29)30)24-15(26)8-22-17(27)13(6-12-7-21-9-23-12)25-18(28)16(20)11(3)4/h7,9-11,13-14,16H,5-6,8,20H2,1-4H3,(H,21,23)(H,22,27)(H,24,26)(H,25,28)(H,29,30). The number of rotatable bonds is 12. The third kappa shape index (κ3) is 8.60. The monoisotopic (exact) mass is 424 g/mol. The van der Waals surface area contributed by atoms with Crippen LogP contribution in [0.5, 0.6) is 0 Å². The number of hydrogen-bond acceptors (Lipinski definition) is 6. The lowest BCUT2D eigenvalue weighted by Gasteiger charge is -2.22. The Labute approximate surface area is 175 Å². The Bertz CT molecular complexity index is 719. The molecule has 0 aliphatic heterocycles. The van der Waals surface area contributed by atoms with E-state index in [1.54, 1.807) is 13.8 Å². The molecule has 1 aromatic heterocycles. The first-order chi connectivity index (χ1) is 14.0. The molecule has 1 heterocycles. The van der Waals surface area contributed by atoms with Gasteiger partial charge in [-0.3, -0.25) is 14.4 Å². The molecule has 0 fully saturated rings. The molecule has 3 atom stereocenters. The summed E-state index contributed by atoms with van der Waals surface area (Å²) in [4.78, 5) is 55.0. The molecule has 30 heavy (non-hydrogen) atoms. The van der Waals surface area contributed by atoms with Gasteiger partial charge >= 0.3 is 5.97 Å². The van der Waals surface area contributed by atoms with Crippen LogP contribution in [-0.4, -0.2) is 63.4 Å². The maximum Gasteiger partial charge on any atom is 0.326 e. The minimum atomic E-state index is -1.14. The van der Waals surface area contributed by atoms with E-state index in [9.17, 15) is 24.3 Å². The minimum absolute atomic E-state index is 0.0696. The van der Waals surface area contributed by atoms with E-state index < -0.39 is 48.4 Å². The van der Waals surface area contributed by atoms with Crippen LogP contribution in [0.3, 0.4) is 0 Å². The van der Waals surface area contributed by atoms with Crippen molar-refractivity contribution >= 4 is 23.7 Å². The van der Waals surface area contributed by atoms with Gasteiger partial charge in [0, 0.05) is 18.3 Å². The number of carboxylic acids is 1. The average Bonchev–Trinajstić information content (AvgIpc) is 3.16. The van der Waals surface area contributed by atoms with Crippen LogP contribution in [0.25, 0.3) is 0 Å². The van der Waals surface area contributed by atoms with Crippen LogP contribution >= 0.6 is 0 Å². The number of carbonyl (C=O) groups excluding carboxylic acids is 3. The molecule has 11 nitrogen and oxygen atoms in total. The number of carboxylic acid groups (broad SMARTS) is 1. The highest BCUT2D eigenvalue weighted by atomic mass is 16.4. The predicted molar refractivity (Wildman–Crippen MR) is 109 cm³/mol. The highest BCUT2D eigenvalue weighted by Gasteiger charge is 2.27. The van der Waals surface area contributed by atoms with Gasteiger partial charge in [0.25, 0.3) is 0 Å².